The molecular formula is C36H48F5NO5. The van der Waals surface area contributed by atoms with Gasteiger partial charge in [-0.3, -0.25) is 0 Å². The maximum absolute atomic E-state index is 15.3. The summed E-state index contributed by atoms with van der Waals surface area (Å²) in [5, 5.41) is 27.9. The van der Waals surface area contributed by atoms with Crippen molar-refractivity contribution in [2.45, 2.75) is 121 Å². The fraction of sp³-hybridized carbons (Fsp3) is 0.750. The predicted molar refractivity (Wildman–Crippen MR) is 166 cm³/mol. The number of nitrogens with zero attached hydrogens (tertiary/aromatic N) is 1. The van der Waals surface area contributed by atoms with Gasteiger partial charge < -0.3 is 24.5 Å². The van der Waals surface area contributed by atoms with E-state index in [-0.39, 0.29) is 30.6 Å². The summed E-state index contributed by atoms with van der Waals surface area (Å²) in [4.78, 5) is 5.31. The molecule has 47 heavy (non-hydrogen) atoms. The second kappa shape index (κ2) is 11.5. The van der Waals surface area contributed by atoms with Crippen LogP contribution in [0.2, 0.25) is 0 Å². The van der Waals surface area contributed by atoms with Crippen molar-refractivity contribution in [2.24, 2.45) is 33.7 Å². The highest BCUT2D eigenvalue weighted by Gasteiger charge is 2.79. The maximum atomic E-state index is 15.3. The van der Waals surface area contributed by atoms with Crippen molar-refractivity contribution in [3.05, 3.63) is 46.5 Å². The lowest BCUT2D eigenvalue weighted by molar-refractivity contribution is -0.362. The number of benzene rings is 1. The molecule has 0 bridgehead atoms. The molecule has 6 atom stereocenters. The smallest absolute Gasteiger partial charge is 0.396 e. The van der Waals surface area contributed by atoms with Crippen molar-refractivity contribution in [3.8, 4) is 0 Å². The third kappa shape index (κ3) is 5.65. The number of hydrogen-bond acceptors (Lipinski definition) is 6. The van der Waals surface area contributed by atoms with E-state index in [0.717, 1.165) is 22.3 Å². The Morgan fingerprint density at radius 3 is 2.26 bits per heavy atom. The Morgan fingerprint density at radius 1 is 0.979 bits per heavy atom. The van der Waals surface area contributed by atoms with Gasteiger partial charge in [-0.15, -0.1) is 0 Å². The number of rotatable bonds is 6. The van der Waals surface area contributed by atoms with Crippen LogP contribution < -0.4 is 0 Å². The van der Waals surface area contributed by atoms with Gasteiger partial charge in [0.25, 0.3) is 0 Å². The van der Waals surface area contributed by atoms with Gasteiger partial charge >= 0.3 is 12.1 Å². The van der Waals surface area contributed by atoms with Crippen LogP contribution in [0.25, 0.3) is 0 Å². The van der Waals surface area contributed by atoms with E-state index in [1.807, 2.05) is 38.1 Å². The summed E-state index contributed by atoms with van der Waals surface area (Å²) in [6.45, 7) is 11.0. The van der Waals surface area contributed by atoms with Crippen LogP contribution in [0.3, 0.4) is 0 Å². The fourth-order valence-corrected chi connectivity index (χ4v) is 9.41. The van der Waals surface area contributed by atoms with Gasteiger partial charge in [0, 0.05) is 29.6 Å². The molecule has 262 valence electrons. The van der Waals surface area contributed by atoms with Crippen molar-refractivity contribution >= 4 is 6.21 Å². The van der Waals surface area contributed by atoms with Crippen molar-refractivity contribution < 1.29 is 46.5 Å². The van der Waals surface area contributed by atoms with E-state index in [2.05, 4.69) is 19.0 Å². The number of aliphatic hydroxyl groups is 2. The topological polar surface area (TPSA) is 80.5 Å². The molecule has 1 saturated heterocycles. The SMILES string of the molecule is CC(C)CO/N=C/c1ccc(C2C[C@@]3(C)C(CCC3(O)C(F)(F)C(F)(F)F)C3CCC4(O)CC5(CCC4=C23)OCC(C)(C)CO5)cc1. The molecule has 11 heteroatoms. The molecule has 5 unspecified atom stereocenters. The van der Waals surface area contributed by atoms with E-state index < -0.39 is 52.8 Å². The molecule has 1 aliphatic heterocycles. The van der Waals surface area contributed by atoms with Crippen LogP contribution >= 0.6 is 0 Å². The fourth-order valence-electron chi connectivity index (χ4n) is 9.41. The second-order valence-electron chi connectivity index (χ2n) is 16.3. The van der Waals surface area contributed by atoms with E-state index in [9.17, 15) is 23.4 Å². The molecule has 6 rings (SSSR count). The molecule has 6 nitrogen and oxygen atoms in total. The van der Waals surface area contributed by atoms with Crippen molar-refractivity contribution in [3.63, 3.8) is 0 Å². The molecule has 3 saturated carbocycles. The van der Waals surface area contributed by atoms with Crippen molar-refractivity contribution in [1.82, 2.24) is 0 Å². The Hall–Kier alpha value is -2.08. The lowest BCUT2D eigenvalue weighted by Gasteiger charge is -2.59. The Bertz CT molecular complexity index is 1400. The van der Waals surface area contributed by atoms with E-state index in [1.165, 1.54) is 6.92 Å². The number of hydrogen-bond donors (Lipinski definition) is 2. The minimum Gasteiger partial charge on any atom is -0.396 e. The summed E-state index contributed by atoms with van der Waals surface area (Å²) in [6.07, 6.45) is -3.12. The summed E-state index contributed by atoms with van der Waals surface area (Å²) in [5.74, 6) is -7.46. The van der Waals surface area contributed by atoms with Crippen LogP contribution in [-0.2, 0) is 14.3 Å². The van der Waals surface area contributed by atoms with Crippen LogP contribution in [0.15, 0.2) is 40.6 Å². The van der Waals surface area contributed by atoms with Gasteiger partial charge in [-0.25, -0.2) is 0 Å². The summed E-state index contributed by atoms with van der Waals surface area (Å²) < 4.78 is 85.0. The average Bonchev–Trinajstić information content (AvgIpc) is 3.27. The maximum Gasteiger partial charge on any atom is 0.456 e. The molecule has 1 heterocycles. The molecule has 1 spiro atoms. The molecule has 2 N–H and O–H groups in total. The normalized spacial score (nSPS) is 36.8. The van der Waals surface area contributed by atoms with Crippen LogP contribution in [-0.4, -0.2) is 65.3 Å². The summed E-state index contributed by atoms with van der Waals surface area (Å²) in [6, 6.07) is 7.31. The van der Waals surface area contributed by atoms with Gasteiger partial charge in [0.05, 0.1) is 25.0 Å². The quantitative estimate of drug-likeness (QED) is 0.139. The van der Waals surface area contributed by atoms with Crippen molar-refractivity contribution in [1.29, 1.82) is 0 Å². The minimum absolute atomic E-state index is 0.0439. The zero-order valence-electron chi connectivity index (χ0n) is 27.9. The van der Waals surface area contributed by atoms with Crippen LogP contribution in [0.4, 0.5) is 22.0 Å². The summed E-state index contributed by atoms with van der Waals surface area (Å²) >= 11 is 0. The molecule has 4 aliphatic carbocycles. The number of allylic oxidation sites excluding steroid dienone is 1. The number of halogens is 5. The molecular weight excluding hydrogens is 621 g/mol. The highest BCUT2D eigenvalue weighted by Crippen LogP contribution is 2.71. The number of alkyl halides is 5. The second-order valence-corrected chi connectivity index (χ2v) is 16.3. The van der Waals surface area contributed by atoms with Gasteiger partial charge in [-0.2, -0.15) is 22.0 Å². The highest BCUT2D eigenvalue weighted by atomic mass is 19.4. The zero-order valence-corrected chi connectivity index (χ0v) is 27.9. The Morgan fingerprint density at radius 2 is 1.64 bits per heavy atom. The molecule has 5 aliphatic rings. The van der Waals surface area contributed by atoms with E-state index in [1.54, 1.807) is 6.21 Å². The zero-order chi connectivity index (χ0) is 34.3. The van der Waals surface area contributed by atoms with Gasteiger partial charge in [-0.1, -0.05) is 69.6 Å². The third-order valence-electron chi connectivity index (χ3n) is 11.9. The van der Waals surface area contributed by atoms with E-state index in [0.29, 0.717) is 51.4 Å². The Balaban J connectivity index is 1.41. The van der Waals surface area contributed by atoms with Gasteiger partial charge in [0.2, 0.25) is 0 Å². The first kappa shape index (κ1) is 34.8. The highest BCUT2D eigenvalue weighted by molar-refractivity contribution is 5.79. The molecule has 0 radical (unpaired) electrons. The van der Waals surface area contributed by atoms with Crippen molar-refractivity contribution in [2.75, 3.05) is 19.8 Å². The molecule has 1 aromatic rings. The number of oxime groups is 1. The predicted octanol–water partition coefficient (Wildman–Crippen LogP) is 7.92. The van der Waals surface area contributed by atoms with Crippen LogP contribution in [0.5, 0.6) is 0 Å². The molecule has 1 aromatic carbocycles. The molecule has 0 amide bonds. The first-order valence-corrected chi connectivity index (χ1v) is 16.9. The van der Waals surface area contributed by atoms with Gasteiger partial charge in [-0.05, 0) is 73.0 Å². The summed E-state index contributed by atoms with van der Waals surface area (Å²) in [5.41, 5.74) is -3.19. The minimum atomic E-state index is -5.90. The summed E-state index contributed by atoms with van der Waals surface area (Å²) in [7, 11) is 0. The van der Waals surface area contributed by atoms with Crippen LogP contribution in [0.1, 0.15) is 103 Å². The van der Waals surface area contributed by atoms with Gasteiger partial charge in [0.1, 0.15) is 12.2 Å². The van der Waals surface area contributed by atoms with E-state index in [4.69, 9.17) is 14.3 Å². The lowest BCUT2D eigenvalue weighted by Crippen LogP contribution is -2.65. The largest absolute Gasteiger partial charge is 0.456 e. The Kier molecular flexibility index (Phi) is 8.50. The van der Waals surface area contributed by atoms with E-state index >= 15 is 8.78 Å². The average molecular weight is 670 g/mol. The molecule has 4 fully saturated rings. The standard InChI is InChI=1S/C36H48F5NO5/c1-22(2)18-47-42-17-23-6-8-24(9-7-23)26-16-31(5)27(12-15-34(31,44)35(37,38)36(39,40)41)25-10-13-32(43)19-33(14-11-28(32)29(25)26)45-20-30(3,4)21-46-33/h6-9,17,22,25-27,43-44H,10-16,18-21H2,1-5H3/b42-17+/t25?,26?,27?,31-,32?,34?/m0/s1. The Labute approximate surface area is 273 Å². The lowest BCUT2D eigenvalue weighted by atomic mass is 9.49. The number of fused-ring (bicyclic) bond motifs is 4. The molecule has 0 aromatic heterocycles. The van der Waals surface area contributed by atoms with Gasteiger partial charge in [0.15, 0.2) is 5.79 Å². The first-order chi connectivity index (χ1) is 21.8. The third-order valence-corrected chi connectivity index (χ3v) is 11.9. The number of ether oxygens (including phenoxy) is 2. The monoisotopic (exact) mass is 669 g/mol. The van der Waals surface area contributed by atoms with Crippen LogP contribution in [0, 0.1) is 28.6 Å². The first-order valence-electron chi connectivity index (χ1n) is 16.9.